The van der Waals surface area contributed by atoms with Gasteiger partial charge in [0.25, 0.3) is 0 Å². The third-order valence-electron chi connectivity index (χ3n) is 6.86. The number of aromatic nitrogens is 1. The number of carbonyl (C=O) groups excluding carboxylic acids is 1. The normalized spacial score (nSPS) is 15.8. The molecule has 1 aliphatic carbocycles. The summed E-state index contributed by atoms with van der Waals surface area (Å²) in [6.07, 6.45) is 4.95. The summed E-state index contributed by atoms with van der Waals surface area (Å²) in [7, 11) is 0. The number of amides is 1. The number of benzene rings is 2. The SMILES string of the molecule is CC1(C)CCC(NCCOC(=O)N(CCc2ccc(O)c3[nH]c(=O)sc23)Cc2ccccc2)CC1. The number of carbonyl (C=O) groups is 1. The van der Waals surface area contributed by atoms with E-state index < -0.39 is 0 Å². The van der Waals surface area contributed by atoms with Crippen LogP contribution in [0.3, 0.4) is 0 Å². The summed E-state index contributed by atoms with van der Waals surface area (Å²) in [5, 5.41) is 13.6. The number of aromatic amines is 1. The number of H-pyrrole nitrogens is 1. The second-order valence-electron chi connectivity index (χ2n) is 10.1. The van der Waals surface area contributed by atoms with Crippen LogP contribution in [-0.4, -0.2) is 46.8 Å². The number of thiazole rings is 1. The lowest BCUT2D eigenvalue weighted by Gasteiger charge is -2.34. The molecule has 4 rings (SSSR count). The Labute approximate surface area is 210 Å². The Kier molecular flexibility index (Phi) is 8.13. The van der Waals surface area contributed by atoms with Gasteiger partial charge in [-0.25, -0.2) is 4.79 Å². The van der Waals surface area contributed by atoms with Crippen LogP contribution in [0.1, 0.15) is 50.7 Å². The predicted octanol–water partition coefficient (Wildman–Crippen LogP) is 5.03. The molecule has 0 atom stereocenters. The van der Waals surface area contributed by atoms with Gasteiger partial charge in [-0.05, 0) is 54.7 Å². The van der Waals surface area contributed by atoms with Crippen molar-refractivity contribution in [2.75, 3.05) is 19.7 Å². The minimum absolute atomic E-state index is 0.0525. The van der Waals surface area contributed by atoms with Gasteiger partial charge in [0, 0.05) is 25.7 Å². The lowest BCUT2D eigenvalue weighted by Crippen LogP contribution is -2.39. The maximum absolute atomic E-state index is 13.0. The summed E-state index contributed by atoms with van der Waals surface area (Å²) < 4.78 is 6.36. The number of nitrogens with zero attached hydrogens (tertiary/aromatic N) is 1. The molecule has 1 fully saturated rings. The first-order valence-corrected chi connectivity index (χ1v) is 13.1. The second-order valence-corrected chi connectivity index (χ2v) is 11.1. The van der Waals surface area contributed by atoms with E-state index in [2.05, 4.69) is 24.1 Å². The molecule has 3 aromatic rings. The van der Waals surface area contributed by atoms with Gasteiger partial charge in [-0.2, -0.15) is 0 Å². The van der Waals surface area contributed by atoms with Crippen LogP contribution in [0.2, 0.25) is 0 Å². The number of hydrogen-bond acceptors (Lipinski definition) is 6. The molecule has 0 spiro atoms. The second kappa shape index (κ2) is 11.3. The van der Waals surface area contributed by atoms with E-state index in [1.54, 1.807) is 11.0 Å². The van der Waals surface area contributed by atoms with Gasteiger partial charge in [-0.3, -0.25) is 4.79 Å². The highest BCUT2D eigenvalue weighted by Crippen LogP contribution is 2.35. The molecule has 1 amide bonds. The van der Waals surface area contributed by atoms with Crippen LogP contribution < -0.4 is 10.2 Å². The highest BCUT2D eigenvalue weighted by molar-refractivity contribution is 7.16. The molecule has 8 heteroatoms. The van der Waals surface area contributed by atoms with Crippen LogP contribution in [0, 0.1) is 5.41 Å². The highest BCUT2D eigenvalue weighted by atomic mass is 32.1. The summed E-state index contributed by atoms with van der Waals surface area (Å²) in [6.45, 7) is 6.50. The number of fused-ring (bicyclic) bond motifs is 1. The fourth-order valence-electron chi connectivity index (χ4n) is 4.66. The molecule has 188 valence electrons. The molecule has 0 aliphatic heterocycles. The number of nitrogens with one attached hydrogen (secondary N) is 2. The van der Waals surface area contributed by atoms with E-state index in [1.807, 2.05) is 36.4 Å². The van der Waals surface area contributed by atoms with Crippen molar-refractivity contribution in [3.63, 3.8) is 0 Å². The van der Waals surface area contributed by atoms with E-state index in [4.69, 9.17) is 4.74 Å². The monoisotopic (exact) mass is 497 g/mol. The predicted molar refractivity (Wildman–Crippen MR) is 140 cm³/mol. The maximum atomic E-state index is 13.0. The Balaban J connectivity index is 1.35. The molecular formula is C27H35N3O4S. The Hall–Kier alpha value is -2.84. The van der Waals surface area contributed by atoms with Gasteiger partial charge < -0.3 is 25.0 Å². The van der Waals surface area contributed by atoms with Crippen molar-refractivity contribution in [2.45, 2.75) is 58.5 Å². The number of ether oxygens (including phenoxy) is 1. The zero-order valence-corrected chi connectivity index (χ0v) is 21.3. The number of rotatable bonds is 9. The van der Waals surface area contributed by atoms with Crippen LogP contribution >= 0.6 is 11.3 Å². The van der Waals surface area contributed by atoms with Crippen LogP contribution in [0.5, 0.6) is 5.75 Å². The van der Waals surface area contributed by atoms with Crippen molar-refractivity contribution < 1.29 is 14.6 Å². The molecule has 1 aliphatic rings. The van der Waals surface area contributed by atoms with Gasteiger partial charge in [0.2, 0.25) is 0 Å². The molecule has 2 aromatic carbocycles. The van der Waals surface area contributed by atoms with Crippen LogP contribution in [0.25, 0.3) is 10.2 Å². The molecule has 0 unspecified atom stereocenters. The Morgan fingerprint density at radius 3 is 2.69 bits per heavy atom. The van der Waals surface area contributed by atoms with Crippen molar-refractivity contribution in [2.24, 2.45) is 5.41 Å². The van der Waals surface area contributed by atoms with Crippen LogP contribution in [-0.2, 0) is 17.7 Å². The van der Waals surface area contributed by atoms with Gasteiger partial charge in [0.15, 0.2) is 0 Å². The quantitative estimate of drug-likeness (QED) is 0.360. The zero-order chi connectivity index (χ0) is 24.8. The molecule has 3 N–H and O–H groups in total. The first kappa shape index (κ1) is 25.3. The largest absolute Gasteiger partial charge is 0.506 e. The zero-order valence-electron chi connectivity index (χ0n) is 20.5. The molecule has 7 nitrogen and oxygen atoms in total. The average molecular weight is 498 g/mol. The number of phenols is 1. The molecule has 1 heterocycles. The third-order valence-corrected chi connectivity index (χ3v) is 7.82. The van der Waals surface area contributed by atoms with E-state index in [1.165, 1.54) is 12.8 Å². The van der Waals surface area contributed by atoms with E-state index >= 15 is 0 Å². The van der Waals surface area contributed by atoms with E-state index in [9.17, 15) is 14.7 Å². The average Bonchev–Trinajstić information content (AvgIpc) is 3.24. The summed E-state index contributed by atoms with van der Waals surface area (Å²) in [5.74, 6) is 0.0525. The number of aromatic hydroxyl groups is 1. The van der Waals surface area contributed by atoms with Crippen molar-refractivity contribution in [3.8, 4) is 5.75 Å². The molecule has 1 saturated carbocycles. The first-order valence-electron chi connectivity index (χ1n) is 12.3. The molecule has 0 saturated heterocycles. The summed E-state index contributed by atoms with van der Waals surface area (Å²) >= 11 is 1.07. The van der Waals surface area contributed by atoms with E-state index in [0.717, 1.165) is 40.0 Å². The maximum Gasteiger partial charge on any atom is 0.410 e. The van der Waals surface area contributed by atoms with Crippen LogP contribution in [0.4, 0.5) is 4.79 Å². The third kappa shape index (κ3) is 6.86. The van der Waals surface area contributed by atoms with Crippen molar-refractivity contribution in [1.29, 1.82) is 0 Å². The Bertz CT molecular complexity index is 1180. The van der Waals surface area contributed by atoms with Gasteiger partial charge in [0.1, 0.15) is 17.9 Å². The fraction of sp³-hybridized carbons (Fsp3) is 0.481. The molecule has 35 heavy (non-hydrogen) atoms. The van der Waals surface area contributed by atoms with E-state index in [0.29, 0.717) is 49.6 Å². The lowest BCUT2D eigenvalue weighted by atomic mass is 9.75. The fourth-order valence-corrected chi connectivity index (χ4v) is 5.56. The highest BCUT2D eigenvalue weighted by Gasteiger charge is 2.26. The summed E-state index contributed by atoms with van der Waals surface area (Å²) in [4.78, 5) is 29.0. The Morgan fingerprint density at radius 1 is 1.20 bits per heavy atom. The molecular weight excluding hydrogens is 462 g/mol. The molecule has 0 bridgehead atoms. The van der Waals surface area contributed by atoms with E-state index in [-0.39, 0.29) is 16.7 Å². The van der Waals surface area contributed by atoms with Crippen molar-refractivity contribution in [1.82, 2.24) is 15.2 Å². The van der Waals surface area contributed by atoms with Crippen molar-refractivity contribution >= 4 is 27.6 Å². The smallest absolute Gasteiger partial charge is 0.410 e. The molecule has 1 aromatic heterocycles. The minimum Gasteiger partial charge on any atom is -0.506 e. The lowest BCUT2D eigenvalue weighted by molar-refractivity contribution is 0.0985. The standard InChI is InChI=1S/C27H35N3O4S/c1-27(2)13-10-21(11-14-27)28-15-17-34-26(33)30(18-19-6-4-3-5-7-19)16-12-20-8-9-22(31)23-24(20)35-25(32)29-23/h3-9,21,28,31H,10-18H2,1-2H3,(H,29,32). The molecule has 0 radical (unpaired) electrons. The Morgan fingerprint density at radius 2 is 1.94 bits per heavy atom. The minimum atomic E-state index is -0.349. The number of phenolic OH excluding ortho intramolecular Hbond substituents is 1. The van der Waals surface area contributed by atoms with Gasteiger partial charge >= 0.3 is 11.0 Å². The van der Waals surface area contributed by atoms with Gasteiger partial charge in [-0.1, -0.05) is 61.6 Å². The topological polar surface area (TPSA) is 94.7 Å². The summed E-state index contributed by atoms with van der Waals surface area (Å²) in [6, 6.07) is 13.7. The number of hydrogen-bond donors (Lipinski definition) is 3. The van der Waals surface area contributed by atoms with Crippen molar-refractivity contribution in [3.05, 3.63) is 63.3 Å². The van der Waals surface area contributed by atoms with Crippen LogP contribution in [0.15, 0.2) is 47.3 Å². The van der Waals surface area contributed by atoms with Gasteiger partial charge in [0.05, 0.1) is 4.70 Å². The first-order chi connectivity index (χ1) is 16.8. The van der Waals surface area contributed by atoms with Gasteiger partial charge in [-0.15, -0.1) is 0 Å². The summed E-state index contributed by atoms with van der Waals surface area (Å²) in [5.41, 5.74) is 2.82.